The number of rotatable bonds is 5. The van der Waals surface area contributed by atoms with Crippen molar-refractivity contribution in [1.82, 2.24) is 20.5 Å². The highest BCUT2D eigenvalue weighted by atomic mass is 35.5. The molecule has 2 fully saturated rings. The van der Waals surface area contributed by atoms with Gasteiger partial charge in [-0.15, -0.1) is 0 Å². The Bertz CT molecular complexity index is 642. The first-order chi connectivity index (χ1) is 13.1. The van der Waals surface area contributed by atoms with Crippen LogP contribution >= 0.6 is 11.6 Å². The standard InChI is InChI=1S/C19H31ClN6O/c1-14(26-9-10-27-13-15(26)2)11-23-19(21-3)24-16-6-8-25(12-16)18-17(20)5-4-7-22-18/h4-5,7,14-16H,6,8-13H2,1-3H3,(H2,21,23,24). The summed E-state index contributed by atoms with van der Waals surface area (Å²) in [4.78, 5) is 13.5. The van der Waals surface area contributed by atoms with Crippen LogP contribution in [0.4, 0.5) is 5.82 Å². The van der Waals surface area contributed by atoms with Crippen LogP contribution in [0.25, 0.3) is 0 Å². The fourth-order valence-corrected chi connectivity index (χ4v) is 4.07. The van der Waals surface area contributed by atoms with E-state index in [2.05, 4.69) is 44.3 Å². The first-order valence-electron chi connectivity index (χ1n) is 9.74. The van der Waals surface area contributed by atoms with Gasteiger partial charge in [-0.05, 0) is 32.4 Å². The van der Waals surface area contributed by atoms with Crippen molar-refractivity contribution in [3.8, 4) is 0 Å². The second-order valence-corrected chi connectivity index (χ2v) is 7.76. The van der Waals surface area contributed by atoms with Crippen LogP contribution in [0.15, 0.2) is 23.3 Å². The normalized spacial score (nSPS) is 25.5. The number of morpholine rings is 1. The Labute approximate surface area is 167 Å². The van der Waals surface area contributed by atoms with Gasteiger partial charge in [0.1, 0.15) is 5.82 Å². The van der Waals surface area contributed by atoms with E-state index in [1.807, 2.05) is 19.2 Å². The van der Waals surface area contributed by atoms with Crippen LogP contribution in [0.3, 0.4) is 0 Å². The molecule has 0 aromatic carbocycles. The lowest BCUT2D eigenvalue weighted by Gasteiger charge is -2.38. The van der Waals surface area contributed by atoms with Crippen LogP contribution in [0.5, 0.6) is 0 Å². The third-order valence-corrected chi connectivity index (χ3v) is 5.64. The summed E-state index contributed by atoms with van der Waals surface area (Å²) in [5.41, 5.74) is 0. The van der Waals surface area contributed by atoms with E-state index in [4.69, 9.17) is 16.3 Å². The molecule has 0 aliphatic carbocycles. The molecule has 3 rings (SSSR count). The number of nitrogens with one attached hydrogen (secondary N) is 2. The summed E-state index contributed by atoms with van der Waals surface area (Å²) in [7, 11) is 1.82. The Morgan fingerprint density at radius 2 is 2.33 bits per heavy atom. The van der Waals surface area contributed by atoms with Gasteiger partial charge < -0.3 is 20.3 Å². The van der Waals surface area contributed by atoms with E-state index in [0.717, 1.165) is 57.6 Å². The van der Waals surface area contributed by atoms with Crippen LogP contribution in [0.1, 0.15) is 20.3 Å². The summed E-state index contributed by atoms with van der Waals surface area (Å²) < 4.78 is 5.54. The topological polar surface area (TPSA) is 65.0 Å². The number of ether oxygens (including phenoxy) is 1. The van der Waals surface area contributed by atoms with Gasteiger partial charge in [0.15, 0.2) is 5.96 Å². The zero-order valence-corrected chi connectivity index (χ0v) is 17.2. The van der Waals surface area contributed by atoms with Gasteiger partial charge in [0.2, 0.25) is 0 Å². The molecule has 3 unspecified atom stereocenters. The van der Waals surface area contributed by atoms with Crippen molar-refractivity contribution < 1.29 is 4.74 Å². The molecule has 8 heteroatoms. The van der Waals surface area contributed by atoms with E-state index < -0.39 is 0 Å². The third kappa shape index (κ3) is 5.24. The van der Waals surface area contributed by atoms with Crippen LogP contribution in [0.2, 0.25) is 5.02 Å². The zero-order valence-electron chi connectivity index (χ0n) is 16.5. The highest BCUT2D eigenvalue weighted by molar-refractivity contribution is 6.32. The molecule has 2 N–H and O–H groups in total. The van der Waals surface area contributed by atoms with E-state index >= 15 is 0 Å². The van der Waals surface area contributed by atoms with Gasteiger partial charge in [-0.2, -0.15) is 0 Å². The Morgan fingerprint density at radius 1 is 1.48 bits per heavy atom. The van der Waals surface area contributed by atoms with Crippen molar-refractivity contribution in [2.75, 3.05) is 51.3 Å². The van der Waals surface area contributed by atoms with Gasteiger partial charge in [-0.3, -0.25) is 9.89 Å². The third-order valence-electron chi connectivity index (χ3n) is 5.34. The van der Waals surface area contributed by atoms with Gasteiger partial charge in [0, 0.05) is 57.5 Å². The fraction of sp³-hybridized carbons (Fsp3) is 0.684. The molecule has 2 aliphatic heterocycles. The molecule has 3 atom stereocenters. The number of aliphatic imine (C=N–C) groups is 1. The van der Waals surface area contributed by atoms with E-state index in [1.54, 1.807) is 6.20 Å². The van der Waals surface area contributed by atoms with Crippen molar-refractivity contribution in [2.45, 2.75) is 38.4 Å². The zero-order chi connectivity index (χ0) is 19.2. The van der Waals surface area contributed by atoms with E-state index in [0.29, 0.717) is 23.1 Å². The second kappa shape index (κ2) is 9.57. The lowest BCUT2D eigenvalue weighted by atomic mass is 10.2. The minimum Gasteiger partial charge on any atom is -0.379 e. The van der Waals surface area contributed by atoms with Gasteiger partial charge >= 0.3 is 0 Å². The molecule has 0 saturated carbocycles. The van der Waals surface area contributed by atoms with Gasteiger partial charge in [-0.25, -0.2) is 4.98 Å². The monoisotopic (exact) mass is 394 g/mol. The molecule has 3 heterocycles. The minimum atomic E-state index is 0.326. The predicted octanol–water partition coefficient (Wildman–Crippen LogP) is 1.59. The van der Waals surface area contributed by atoms with E-state index in [-0.39, 0.29) is 0 Å². The second-order valence-electron chi connectivity index (χ2n) is 7.35. The summed E-state index contributed by atoms with van der Waals surface area (Å²) in [5.74, 6) is 1.71. The van der Waals surface area contributed by atoms with Gasteiger partial charge in [0.05, 0.1) is 18.2 Å². The molecule has 0 bridgehead atoms. The van der Waals surface area contributed by atoms with Crippen LogP contribution in [-0.4, -0.2) is 80.4 Å². The highest BCUT2D eigenvalue weighted by Crippen LogP contribution is 2.25. The number of hydrogen-bond donors (Lipinski definition) is 2. The average molecular weight is 395 g/mol. The molecule has 1 aromatic rings. The van der Waals surface area contributed by atoms with Crippen molar-refractivity contribution in [1.29, 1.82) is 0 Å². The molecule has 0 spiro atoms. The van der Waals surface area contributed by atoms with Crippen molar-refractivity contribution >= 4 is 23.4 Å². The lowest BCUT2D eigenvalue weighted by Crippen LogP contribution is -2.53. The Balaban J connectivity index is 1.47. The van der Waals surface area contributed by atoms with Crippen molar-refractivity contribution in [3.05, 3.63) is 23.4 Å². The quantitative estimate of drug-likeness (QED) is 0.584. The van der Waals surface area contributed by atoms with E-state index in [1.165, 1.54) is 0 Å². The number of hydrogen-bond acceptors (Lipinski definition) is 5. The molecular weight excluding hydrogens is 364 g/mol. The van der Waals surface area contributed by atoms with Crippen molar-refractivity contribution in [3.63, 3.8) is 0 Å². The summed E-state index contributed by atoms with van der Waals surface area (Å²) in [6, 6.07) is 4.96. The molecule has 27 heavy (non-hydrogen) atoms. The maximum absolute atomic E-state index is 6.28. The smallest absolute Gasteiger partial charge is 0.191 e. The largest absolute Gasteiger partial charge is 0.379 e. The van der Waals surface area contributed by atoms with Crippen LogP contribution < -0.4 is 15.5 Å². The summed E-state index contributed by atoms with van der Waals surface area (Å²) in [6.07, 6.45) is 2.82. The Morgan fingerprint density at radius 3 is 3.07 bits per heavy atom. The number of nitrogens with zero attached hydrogens (tertiary/aromatic N) is 4. The number of pyridine rings is 1. The molecule has 0 radical (unpaired) electrons. The first kappa shape index (κ1) is 20.2. The lowest BCUT2D eigenvalue weighted by molar-refractivity contribution is -0.0174. The molecule has 150 valence electrons. The van der Waals surface area contributed by atoms with Crippen molar-refractivity contribution in [2.24, 2.45) is 4.99 Å². The molecule has 2 aliphatic rings. The summed E-state index contributed by atoms with van der Waals surface area (Å²) in [5, 5.41) is 7.72. The Hall–Kier alpha value is -1.57. The molecule has 7 nitrogen and oxygen atoms in total. The molecule has 1 aromatic heterocycles. The number of aromatic nitrogens is 1. The highest BCUT2D eigenvalue weighted by Gasteiger charge is 2.26. The maximum atomic E-state index is 6.28. The number of anilines is 1. The average Bonchev–Trinajstić information content (AvgIpc) is 3.14. The van der Waals surface area contributed by atoms with E-state index in [9.17, 15) is 0 Å². The predicted molar refractivity (Wildman–Crippen MR) is 111 cm³/mol. The SMILES string of the molecule is CN=C(NCC(C)N1CCOCC1C)NC1CCN(c2ncccc2Cl)C1. The number of guanidine groups is 1. The van der Waals surface area contributed by atoms with Crippen LogP contribution in [-0.2, 0) is 4.74 Å². The maximum Gasteiger partial charge on any atom is 0.191 e. The fourth-order valence-electron chi connectivity index (χ4n) is 3.82. The number of halogens is 1. The molecule has 0 amide bonds. The Kier molecular flexibility index (Phi) is 7.15. The minimum absolute atomic E-state index is 0.326. The molecular formula is C19H31ClN6O. The summed E-state index contributed by atoms with van der Waals surface area (Å²) >= 11 is 6.28. The van der Waals surface area contributed by atoms with Gasteiger partial charge in [-0.1, -0.05) is 11.6 Å². The summed E-state index contributed by atoms with van der Waals surface area (Å²) in [6.45, 7) is 9.74. The van der Waals surface area contributed by atoms with Gasteiger partial charge in [0.25, 0.3) is 0 Å². The molecule has 2 saturated heterocycles. The first-order valence-corrected chi connectivity index (χ1v) is 10.1. The van der Waals surface area contributed by atoms with Crippen LogP contribution in [0, 0.1) is 0 Å².